The van der Waals surface area contributed by atoms with Crippen molar-refractivity contribution in [1.82, 2.24) is 0 Å². The second kappa shape index (κ2) is 4.42. The second-order valence-electron chi connectivity index (χ2n) is 2.68. The van der Waals surface area contributed by atoms with E-state index < -0.39 is 21.9 Å². The minimum atomic E-state index is -3.21. The molecule has 0 radical (unpaired) electrons. The summed E-state index contributed by atoms with van der Waals surface area (Å²) in [5.74, 6) is -1.41. The van der Waals surface area contributed by atoms with Crippen molar-refractivity contribution in [2.75, 3.05) is 12.0 Å². The van der Waals surface area contributed by atoms with Gasteiger partial charge >= 0.3 is 5.97 Å². The van der Waals surface area contributed by atoms with Crippen LogP contribution in [0, 0.1) is 0 Å². The van der Waals surface area contributed by atoms with Crippen molar-refractivity contribution < 1.29 is 23.4 Å². The Hall–Kier alpha value is -0.620. The van der Waals surface area contributed by atoms with Crippen molar-refractivity contribution in [3.8, 4) is 0 Å². The first-order chi connectivity index (χ1) is 5.31. The zero-order chi connectivity index (χ0) is 9.78. The van der Waals surface area contributed by atoms with E-state index in [0.29, 0.717) is 0 Å². The summed E-state index contributed by atoms with van der Waals surface area (Å²) in [6.07, 6.45) is -0.313. The molecule has 0 aliphatic heterocycles. The molecule has 5 nitrogen and oxygen atoms in total. The van der Waals surface area contributed by atoms with Gasteiger partial charge in [0.1, 0.15) is 9.84 Å². The average molecular weight is 196 g/mol. The summed E-state index contributed by atoms with van der Waals surface area (Å²) in [5.41, 5.74) is 0. The van der Waals surface area contributed by atoms with Gasteiger partial charge in [-0.2, -0.15) is 0 Å². The van der Waals surface area contributed by atoms with Crippen LogP contribution < -0.4 is 0 Å². The van der Waals surface area contributed by atoms with Crippen LogP contribution in [0.2, 0.25) is 0 Å². The molecule has 0 aliphatic carbocycles. The lowest BCUT2D eigenvalue weighted by molar-refractivity contribution is -0.137. The van der Waals surface area contributed by atoms with Gasteiger partial charge in [-0.3, -0.25) is 4.79 Å². The molecule has 0 aromatic rings. The van der Waals surface area contributed by atoms with Crippen molar-refractivity contribution in [3.63, 3.8) is 0 Å². The van der Waals surface area contributed by atoms with Crippen molar-refractivity contribution in [1.29, 1.82) is 0 Å². The van der Waals surface area contributed by atoms with E-state index in [4.69, 9.17) is 10.2 Å². The number of carbonyl (C=O) groups is 1. The molecule has 0 rings (SSSR count). The quantitative estimate of drug-likeness (QED) is 0.604. The summed E-state index contributed by atoms with van der Waals surface area (Å²) < 4.78 is 21.2. The highest BCUT2D eigenvalue weighted by molar-refractivity contribution is 7.90. The summed E-state index contributed by atoms with van der Waals surface area (Å²) in [6, 6.07) is 0. The first kappa shape index (κ1) is 11.4. The molecule has 0 aromatic carbocycles. The molecule has 0 aromatic heterocycles. The van der Waals surface area contributed by atoms with Crippen molar-refractivity contribution in [2.24, 2.45) is 0 Å². The van der Waals surface area contributed by atoms with Crippen LogP contribution >= 0.6 is 0 Å². The minimum Gasteiger partial charge on any atom is -0.481 e. The summed E-state index contributed by atoms with van der Waals surface area (Å²) in [7, 11) is -3.21. The van der Waals surface area contributed by atoms with Gasteiger partial charge in [0, 0.05) is 12.7 Å². The molecule has 72 valence electrons. The van der Waals surface area contributed by atoms with Crippen LogP contribution in [0.5, 0.6) is 0 Å². The number of carboxylic acids is 1. The largest absolute Gasteiger partial charge is 0.481 e. The van der Waals surface area contributed by atoms with Gasteiger partial charge in [0.05, 0.1) is 11.9 Å². The maximum absolute atomic E-state index is 10.6. The smallest absolute Gasteiger partial charge is 0.303 e. The lowest BCUT2D eigenvalue weighted by atomic mass is 10.2. The van der Waals surface area contributed by atoms with E-state index in [1.54, 1.807) is 0 Å². The van der Waals surface area contributed by atoms with Gasteiger partial charge < -0.3 is 10.2 Å². The molecule has 0 spiro atoms. The molecule has 12 heavy (non-hydrogen) atoms. The van der Waals surface area contributed by atoms with Crippen molar-refractivity contribution in [3.05, 3.63) is 0 Å². The first-order valence-electron chi connectivity index (χ1n) is 3.39. The fourth-order valence-corrected chi connectivity index (χ4v) is 1.59. The molecule has 0 fully saturated rings. The molecule has 6 heteroatoms. The molecule has 0 amide bonds. The number of aliphatic hydroxyl groups excluding tert-OH is 1. The Bertz CT molecular complexity index is 243. The molecular formula is C6H12O5S. The van der Waals surface area contributed by atoms with E-state index in [-0.39, 0.29) is 18.6 Å². The highest BCUT2D eigenvalue weighted by Gasteiger charge is 2.13. The van der Waals surface area contributed by atoms with Gasteiger partial charge in [-0.15, -0.1) is 0 Å². The number of hydrogen-bond donors (Lipinski definition) is 2. The Morgan fingerprint density at radius 3 is 2.33 bits per heavy atom. The van der Waals surface area contributed by atoms with Crippen LogP contribution in [-0.2, 0) is 14.6 Å². The maximum atomic E-state index is 10.6. The monoisotopic (exact) mass is 196 g/mol. The van der Waals surface area contributed by atoms with Gasteiger partial charge in [-0.25, -0.2) is 8.42 Å². The number of rotatable bonds is 5. The Balaban J connectivity index is 3.75. The van der Waals surface area contributed by atoms with Crippen LogP contribution in [0.15, 0.2) is 0 Å². The number of hydrogen-bond acceptors (Lipinski definition) is 4. The standard InChI is InChI=1S/C6H12O5S/c1-12(10,11)4-5(7)2-3-6(8)9/h5,7H,2-4H2,1H3,(H,8,9). The predicted molar refractivity (Wildman–Crippen MR) is 42.6 cm³/mol. The molecule has 1 unspecified atom stereocenters. The van der Waals surface area contributed by atoms with Gasteiger partial charge in [-0.05, 0) is 6.42 Å². The maximum Gasteiger partial charge on any atom is 0.303 e. The van der Waals surface area contributed by atoms with E-state index >= 15 is 0 Å². The highest BCUT2D eigenvalue weighted by atomic mass is 32.2. The molecule has 0 saturated carbocycles. The van der Waals surface area contributed by atoms with Crippen LogP contribution in [0.25, 0.3) is 0 Å². The first-order valence-corrected chi connectivity index (χ1v) is 5.45. The SMILES string of the molecule is CS(=O)(=O)CC(O)CCC(=O)O. The van der Waals surface area contributed by atoms with E-state index in [1.165, 1.54) is 0 Å². The lowest BCUT2D eigenvalue weighted by Crippen LogP contribution is -2.20. The molecule has 1 atom stereocenters. The molecule has 2 N–H and O–H groups in total. The van der Waals surface area contributed by atoms with Gasteiger partial charge in [-0.1, -0.05) is 0 Å². The van der Waals surface area contributed by atoms with Gasteiger partial charge in [0.15, 0.2) is 0 Å². The Labute approximate surface area is 70.9 Å². The molecular weight excluding hydrogens is 184 g/mol. The zero-order valence-electron chi connectivity index (χ0n) is 6.73. The fraction of sp³-hybridized carbons (Fsp3) is 0.833. The van der Waals surface area contributed by atoms with Crippen LogP contribution in [0.4, 0.5) is 0 Å². The summed E-state index contributed by atoms with van der Waals surface area (Å²) >= 11 is 0. The average Bonchev–Trinajstić information content (AvgIpc) is 1.79. The zero-order valence-corrected chi connectivity index (χ0v) is 7.54. The van der Waals surface area contributed by atoms with Crippen LogP contribution in [0.3, 0.4) is 0 Å². The molecule has 0 saturated heterocycles. The second-order valence-corrected chi connectivity index (χ2v) is 4.86. The van der Waals surface area contributed by atoms with Crippen LogP contribution in [0.1, 0.15) is 12.8 Å². The Morgan fingerprint density at radius 1 is 1.50 bits per heavy atom. The normalized spacial score (nSPS) is 14.2. The fourth-order valence-electron chi connectivity index (χ4n) is 0.723. The van der Waals surface area contributed by atoms with E-state index in [0.717, 1.165) is 6.26 Å². The number of aliphatic hydroxyl groups is 1. The van der Waals surface area contributed by atoms with E-state index in [1.807, 2.05) is 0 Å². The van der Waals surface area contributed by atoms with Crippen molar-refractivity contribution >= 4 is 15.8 Å². The van der Waals surface area contributed by atoms with E-state index in [9.17, 15) is 13.2 Å². The minimum absolute atomic E-state index is 0.0254. The summed E-state index contributed by atoms with van der Waals surface area (Å²) in [4.78, 5) is 10.0. The number of carboxylic acid groups (broad SMARTS) is 1. The van der Waals surface area contributed by atoms with E-state index in [2.05, 4.69) is 0 Å². The third-order valence-electron chi connectivity index (χ3n) is 1.19. The summed E-state index contributed by atoms with van der Waals surface area (Å²) in [5, 5.41) is 17.2. The highest BCUT2D eigenvalue weighted by Crippen LogP contribution is 1.99. The molecule has 0 bridgehead atoms. The number of sulfone groups is 1. The lowest BCUT2D eigenvalue weighted by Gasteiger charge is -2.06. The Morgan fingerprint density at radius 2 is 2.00 bits per heavy atom. The van der Waals surface area contributed by atoms with Gasteiger partial charge in [0.2, 0.25) is 0 Å². The Kier molecular flexibility index (Phi) is 4.19. The van der Waals surface area contributed by atoms with Crippen molar-refractivity contribution in [2.45, 2.75) is 18.9 Å². The number of aliphatic carboxylic acids is 1. The topological polar surface area (TPSA) is 91.7 Å². The summed E-state index contributed by atoms with van der Waals surface area (Å²) in [6.45, 7) is 0. The molecule has 0 aliphatic rings. The predicted octanol–water partition coefficient (Wildman–Crippen LogP) is -0.743. The van der Waals surface area contributed by atoms with Crippen LogP contribution in [-0.4, -0.2) is 42.7 Å². The third-order valence-corrected chi connectivity index (χ3v) is 2.18. The van der Waals surface area contributed by atoms with Gasteiger partial charge in [0.25, 0.3) is 0 Å². The third kappa shape index (κ3) is 7.49. The molecule has 0 heterocycles.